The van der Waals surface area contributed by atoms with Gasteiger partial charge in [0.2, 0.25) is 0 Å². The molecule has 1 aliphatic rings. The lowest BCUT2D eigenvalue weighted by molar-refractivity contribution is -0.384. The number of nitro groups is 1. The molecule has 0 saturated carbocycles. The average molecular weight is 376 g/mol. The Balaban J connectivity index is 1.78. The van der Waals surface area contributed by atoms with E-state index < -0.39 is 10.9 Å². The number of carbonyl (C=O) groups is 2. The number of hydrogen-bond acceptors (Lipinski definition) is 6. The van der Waals surface area contributed by atoms with Gasteiger partial charge in [0, 0.05) is 36.4 Å². The summed E-state index contributed by atoms with van der Waals surface area (Å²) in [6, 6.07) is 7.02. The maximum atomic E-state index is 12.7. The molecule has 1 aromatic heterocycles. The normalized spacial score (nSPS) is 17.1. The first kappa shape index (κ1) is 17.9. The summed E-state index contributed by atoms with van der Waals surface area (Å²) in [4.78, 5) is 35.5. The van der Waals surface area contributed by atoms with E-state index in [1.165, 1.54) is 16.8 Å². The number of hydrogen-bond donors (Lipinski definition) is 1. The van der Waals surface area contributed by atoms with Crippen LogP contribution < -0.4 is 0 Å². The standard InChI is InChI=1S/C16H16N4O5S/c21-15(22)9-13-10-26-8-7-18(13)16(23)14-5-6-19(17-14)11-1-3-12(4-2-11)20(24)25/h1-6,13H,7-10H2,(H,21,22). The van der Waals surface area contributed by atoms with Crippen molar-refractivity contribution in [3.63, 3.8) is 0 Å². The number of carboxylic acid groups (broad SMARTS) is 1. The Kier molecular flexibility index (Phi) is 5.21. The smallest absolute Gasteiger partial charge is 0.305 e. The van der Waals surface area contributed by atoms with Crippen LogP contribution in [-0.4, -0.2) is 60.7 Å². The van der Waals surface area contributed by atoms with Gasteiger partial charge in [-0.3, -0.25) is 19.7 Å². The van der Waals surface area contributed by atoms with E-state index >= 15 is 0 Å². The molecule has 9 nitrogen and oxygen atoms in total. The second kappa shape index (κ2) is 7.56. The molecule has 136 valence electrons. The number of aromatic nitrogens is 2. The lowest BCUT2D eigenvalue weighted by atomic mass is 10.2. The predicted octanol–water partition coefficient (Wildman–Crippen LogP) is 1.81. The third kappa shape index (κ3) is 3.85. The van der Waals surface area contributed by atoms with E-state index in [-0.39, 0.29) is 29.8 Å². The van der Waals surface area contributed by atoms with E-state index in [9.17, 15) is 19.7 Å². The summed E-state index contributed by atoms with van der Waals surface area (Å²) in [6.45, 7) is 0.478. The van der Waals surface area contributed by atoms with Crippen molar-refractivity contribution >= 4 is 29.3 Å². The summed E-state index contributed by atoms with van der Waals surface area (Å²) in [5, 5.41) is 24.0. The number of benzene rings is 1. The van der Waals surface area contributed by atoms with Crippen LogP contribution in [0.4, 0.5) is 5.69 Å². The molecule has 0 spiro atoms. The van der Waals surface area contributed by atoms with Gasteiger partial charge in [-0.1, -0.05) is 0 Å². The summed E-state index contributed by atoms with van der Waals surface area (Å²) >= 11 is 1.63. The highest BCUT2D eigenvalue weighted by Crippen LogP contribution is 2.21. The third-order valence-electron chi connectivity index (χ3n) is 4.03. The van der Waals surface area contributed by atoms with Crippen molar-refractivity contribution in [2.45, 2.75) is 12.5 Å². The van der Waals surface area contributed by atoms with Crippen molar-refractivity contribution in [2.75, 3.05) is 18.1 Å². The molecular formula is C16H16N4O5S. The first-order valence-electron chi connectivity index (χ1n) is 7.86. The van der Waals surface area contributed by atoms with Crippen LogP contribution in [0, 0.1) is 10.1 Å². The van der Waals surface area contributed by atoms with Crippen molar-refractivity contribution in [3.05, 3.63) is 52.3 Å². The van der Waals surface area contributed by atoms with Crippen LogP contribution in [-0.2, 0) is 4.79 Å². The molecule has 0 radical (unpaired) electrons. The van der Waals surface area contributed by atoms with Gasteiger partial charge in [-0.2, -0.15) is 16.9 Å². The van der Waals surface area contributed by atoms with Gasteiger partial charge < -0.3 is 10.0 Å². The molecule has 0 aliphatic carbocycles. The zero-order chi connectivity index (χ0) is 18.7. The van der Waals surface area contributed by atoms with Gasteiger partial charge in [0.25, 0.3) is 11.6 Å². The predicted molar refractivity (Wildman–Crippen MR) is 94.6 cm³/mol. The molecule has 2 aromatic rings. The highest BCUT2D eigenvalue weighted by atomic mass is 32.2. The molecule has 1 aliphatic heterocycles. The number of amides is 1. The van der Waals surface area contributed by atoms with Crippen LogP contribution in [0.5, 0.6) is 0 Å². The minimum Gasteiger partial charge on any atom is -0.481 e. The van der Waals surface area contributed by atoms with Gasteiger partial charge >= 0.3 is 5.97 Å². The third-order valence-corrected chi connectivity index (χ3v) is 5.12. The molecule has 1 N–H and O–H groups in total. The van der Waals surface area contributed by atoms with Crippen LogP contribution in [0.3, 0.4) is 0 Å². The highest BCUT2D eigenvalue weighted by Gasteiger charge is 2.30. The van der Waals surface area contributed by atoms with Crippen LogP contribution in [0.1, 0.15) is 16.9 Å². The topological polar surface area (TPSA) is 119 Å². The minimum atomic E-state index is -0.938. The van der Waals surface area contributed by atoms with Gasteiger partial charge in [-0.05, 0) is 18.2 Å². The molecule has 26 heavy (non-hydrogen) atoms. The highest BCUT2D eigenvalue weighted by molar-refractivity contribution is 7.99. The summed E-state index contributed by atoms with van der Waals surface area (Å²) in [7, 11) is 0. The van der Waals surface area contributed by atoms with E-state index in [1.807, 2.05) is 0 Å². The molecule has 0 bridgehead atoms. The second-order valence-corrected chi connectivity index (χ2v) is 6.89. The van der Waals surface area contributed by atoms with Crippen molar-refractivity contribution in [3.8, 4) is 5.69 Å². The molecule has 2 heterocycles. The zero-order valence-corrected chi connectivity index (χ0v) is 14.5. The maximum absolute atomic E-state index is 12.7. The molecule has 10 heteroatoms. The number of nitro benzene ring substituents is 1. The number of aliphatic carboxylic acids is 1. The Morgan fingerprint density at radius 1 is 1.31 bits per heavy atom. The van der Waals surface area contributed by atoms with Crippen molar-refractivity contribution in [2.24, 2.45) is 0 Å². The molecule has 1 saturated heterocycles. The Bertz CT molecular complexity index is 835. The Morgan fingerprint density at radius 2 is 2.04 bits per heavy atom. The fraction of sp³-hybridized carbons (Fsp3) is 0.312. The number of thioether (sulfide) groups is 1. The number of carboxylic acids is 1. The lowest BCUT2D eigenvalue weighted by Gasteiger charge is -2.34. The first-order chi connectivity index (χ1) is 12.5. The quantitative estimate of drug-likeness (QED) is 0.624. The largest absolute Gasteiger partial charge is 0.481 e. The maximum Gasteiger partial charge on any atom is 0.305 e. The summed E-state index contributed by atoms with van der Waals surface area (Å²) in [5.74, 6) is 0.0929. The van der Waals surface area contributed by atoms with Crippen LogP contribution in [0.2, 0.25) is 0 Å². The number of nitrogens with zero attached hydrogens (tertiary/aromatic N) is 4. The van der Waals surface area contributed by atoms with Crippen LogP contribution >= 0.6 is 11.8 Å². The van der Waals surface area contributed by atoms with E-state index in [1.54, 1.807) is 41.1 Å². The van der Waals surface area contributed by atoms with Crippen molar-refractivity contribution in [1.29, 1.82) is 0 Å². The van der Waals surface area contributed by atoms with E-state index in [4.69, 9.17) is 5.11 Å². The average Bonchev–Trinajstić information content (AvgIpc) is 3.11. The molecule has 1 amide bonds. The Morgan fingerprint density at radius 3 is 2.69 bits per heavy atom. The van der Waals surface area contributed by atoms with E-state index in [2.05, 4.69) is 5.10 Å². The van der Waals surface area contributed by atoms with Crippen molar-refractivity contribution < 1.29 is 19.6 Å². The molecule has 1 aromatic carbocycles. The first-order valence-corrected chi connectivity index (χ1v) is 9.02. The van der Waals surface area contributed by atoms with Gasteiger partial charge in [0.05, 0.1) is 23.1 Å². The van der Waals surface area contributed by atoms with Gasteiger partial charge in [-0.25, -0.2) is 4.68 Å². The van der Waals surface area contributed by atoms with E-state index in [0.717, 1.165) is 5.75 Å². The monoisotopic (exact) mass is 376 g/mol. The number of carbonyl (C=O) groups excluding carboxylic acids is 1. The molecule has 3 rings (SSSR count). The molecule has 1 atom stereocenters. The Hall–Kier alpha value is -2.88. The van der Waals surface area contributed by atoms with Gasteiger partial charge in [0.1, 0.15) is 0 Å². The fourth-order valence-electron chi connectivity index (χ4n) is 2.75. The number of rotatable bonds is 5. The zero-order valence-electron chi connectivity index (χ0n) is 13.6. The fourth-order valence-corrected chi connectivity index (χ4v) is 3.81. The second-order valence-electron chi connectivity index (χ2n) is 5.74. The van der Waals surface area contributed by atoms with Crippen LogP contribution in [0.25, 0.3) is 5.69 Å². The molecule has 1 unspecified atom stereocenters. The van der Waals surface area contributed by atoms with Crippen LogP contribution in [0.15, 0.2) is 36.5 Å². The van der Waals surface area contributed by atoms with E-state index in [0.29, 0.717) is 18.0 Å². The number of non-ortho nitro benzene ring substituents is 1. The molecular weight excluding hydrogens is 360 g/mol. The summed E-state index contributed by atoms with van der Waals surface area (Å²) < 4.78 is 1.46. The summed E-state index contributed by atoms with van der Waals surface area (Å²) in [6.07, 6.45) is 1.50. The minimum absolute atomic E-state index is 0.0282. The lowest BCUT2D eigenvalue weighted by Crippen LogP contribution is -2.47. The SMILES string of the molecule is O=C(O)CC1CSCCN1C(=O)c1ccn(-c2ccc([N+](=O)[O-])cc2)n1. The van der Waals surface area contributed by atoms with Gasteiger partial charge in [0.15, 0.2) is 5.69 Å². The van der Waals surface area contributed by atoms with Gasteiger partial charge in [-0.15, -0.1) is 0 Å². The Labute approximate surface area is 152 Å². The van der Waals surface area contributed by atoms with Crippen molar-refractivity contribution in [1.82, 2.24) is 14.7 Å². The molecule has 1 fully saturated rings. The summed E-state index contributed by atoms with van der Waals surface area (Å²) in [5.41, 5.74) is 0.774.